The largest absolute Gasteiger partial charge is 0.398 e. The van der Waals surface area contributed by atoms with Crippen LogP contribution in [0, 0.1) is 11.3 Å². The minimum absolute atomic E-state index is 0.431. The minimum atomic E-state index is 0.431. The predicted molar refractivity (Wildman–Crippen MR) is 77.1 cm³/mol. The van der Waals surface area contributed by atoms with Crippen molar-refractivity contribution in [2.24, 2.45) is 11.3 Å². The van der Waals surface area contributed by atoms with Gasteiger partial charge in [-0.25, -0.2) is 4.68 Å². The van der Waals surface area contributed by atoms with Crippen LogP contribution in [0.15, 0.2) is 18.2 Å². The van der Waals surface area contributed by atoms with Gasteiger partial charge in [-0.3, -0.25) is 0 Å². The third-order valence-electron chi connectivity index (χ3n) is 4.60. The molecule has 0 unspecified atom stereocenters. The summed E-state index contributed by atoms with van der Waals surface area (Å²) in [6, 6.07) is 5.48. The second kappa shape index (κ2) is 4.19. The standard InChI is InChI=1S/C14H16ClN5/c15-10-2-1-3-11(16)12(10)13-17-18-19-20(13)8-14(6-7-14)9-4-5-9/h1-3,9H,4-8,16H2. The number of tetrazole rings is 1. The summed E-state index contributed by atoms with van der Waals surface area (Å²) < 4.78 is 1.88. The molecule has 0 aliphatic heterocycles. The minimum Gasteiger partial charge on any atom is -0.398 e. The van der Waals surface area contributed by atoms with E-state index in [1.807, 2.05) is 22.9 Å². The van der Waals surface area contributed by atoms with Crippen LogP contribution < -0.4 is 5.73 Å². The third kappa shape index (κ3) is 1.88. The van der Waals surface area contributed by atoms with Crippen molar-refractivity contribution >= 4 is 17.3 Å². The van der Waals surface area contributed by atoms with E-state index < -0.39 is 0 Å². The lowest BCUT2D eigenvalue weighted by Crippen LogP contribution is -2.16. The monoisotopic (exact) mass is 289 g/mol. The smallest absolute Gasteiger partial charge is 0.185 e. The molecule has 2 aromatic rings. The molecule has 2 saturated carbocycles. The van der Waals surface area contributed by atoms with Crippen LogP contribution >= 0.6 is 11.6 Å². The molecule has 5 nitrogen and oxygen atoms in total. The topological polar surface area (TPSA) is 69.6 Å². The van der Waals surface area contributed by atoms with Crippen LogP contribution in [-0.4, -0.2) is 20.2 Å². The van der Waals surface area contributed by atoms with E-state index in [-0.39, 0.29) is 0 Å². The second-order valence-electron chi connectivity index (χ2n) is 6.00. The molecule has 1 heterocycles. The Bertz CT molecular complexity index is 637. The summed E-state index contributed by atoms with van der Waals surface area (Å²) in [4.78, 5) is 0. The Hall–Kier alpha value is -1.62. The van der Waals surface area contributed by atoms with Gasteiger partial charge in [0.1, 0.15) is 0 Å². The summed E-state index contributed by atoms with van der Waals surface area (Å²) in [5, 5.41) is 12.7. The number of anilines is 1. The fourth-order valence-electron chi connectivity index (χ4n) is 3.12. The van der Waals surface area contributed by atoms with Crippen LogP contribution in [0.5, 0.6) is 0 Å². The van der Waals surface area contributed by atoms with E-state index in [1.165, 1.54) is 25.7 Å². The lowest BCUT2D eigenvalue weighted by molar-refractivity contribution is 0.348. The van der Waals surface area contributed by atoms with Crippen molar-refractivity contribution in [3.8, 4) is 11.4 Å². The molecule has 2 aliphatic carbocycles. The molecule has 6 heteroatoms. The molecule has 1 aromatic carbocycles. The highest BCUT2D eigenvalue weighted by Gasteiger charge is 2.54. The first-order chi connectivity index (χ1) is 9.70. The number of nitrogens with two attached hydrogens (primary N) is 1. The number of halogens is 1. The summed E-state index contributed by atoms with van der Waals surface area (Å²) in [7, 11) is 0. The average molecular weight is 290 g/mol. The molecule has 0 saturated heterocycles. The summed E-state index contributed by atoms with van der Waals surface area (Å²) in [6.45, 7) is 0.880. The van der Waals surface area contributed by atoms with Crippen molar-refractivity contribution in [1.82, 2.24) is 20.2 Å². The lowest BCUT2D eigenvalue weighted by Gasteiger charge is -2.15. The summed E-state index contributed by atoms with van der Waals surface area (Å²) in [5.41, 5.74) is 7.83. The maximum Gasteiger partial charge on any atom is 0.185 e. The summed E-state index contributed by atoms with van der Waals surface area (Å²) in [5.74, 6) is 1.54. The number of benzene rings is 1. The summed E-state index contributed by atoms with van der Waals surface area (Å²) in [6.07, 6.45) is 5.28. The average Bonchev–Trinajstić information content (AvgIpc) is 3.30. The maximum atomic E-state index is 6.27. The molecule has 0 spiro atoms. The van der Waals surface area contributed by atoms with Crippen LogP contribution in [0.1, 0.15) is 25.7 Å². The molecule has 104 valence electrons. The van der Waals surface area contributed by atoms with Gasteiger partial charge in [0.05, 0.1) is 17.1 Å². The quantitative estimate of drug-likeness (QED) is 0.879. The number of hydrogen-bond donors (Lipinski definition) is 1. The van der Waals surface area contributed by atoms with Gasteiger partial charge in [0.2, 0.25) is 0 Å². The van der Waals surface area contributed by atoms with Crippen molar-refractivity contribution in [2.45, 2.75) is 32.2 Å². The first-order valence-electron chi connectivity index (χ1n) is 7.00. The van der Waals surface area contributed by atoms with Crippen LogP contribution in [0.3, 0.4) is 0 Å². The highest BCUT2D eigenvalue weighted by molar-refractivity contribution is 6.33. The Morgan fingerprint density at radius 2 is 2.15 bits per heavy atom. The number of aromatic nitrogens is 4. The van der Waals surface area contributed by atoms with Gasteiger partial charge in [-0.2, -0.15) is 0 Å². The van der Waals surface area contributed by atoms with E-state index in [9.17, 15) is 0 Å². The van der Waals surface area contributed by atoms with Crippen molar-refractivity contribution in [1.29, 1.82) is 0 Å². The van der Waals surface area contributed by atoms with E-state index in [0.717, 1.165) is 18.0 Å². The number of nitrogens with zero attached hydrogens (tertiary/aromatic N) is 4. The molecule has 2 N–H and O–H groups in total. The van der Waals surface area contributed by atoms with Gasteiger partial charge in [0.15, 0.2) is 5.82 Å². The number of rotatable bonds is 4. The molecule has 0 radical (unpaired) electrons. The van der Waals surface area contributed by atoms with Gasteiger partial charge < -0.3 is 5.73 Å². The molecule has 4 rings (SSSR count). The van der Waals surface area contributed by atoms with Crippen molar-refractivity contribution < 1.29 is 0 Å². The van der Waals surface area contributed by atoms with E-state index in [2.05, 4.69) is 15.5 Å². The molecule has 1 aromatic heterocycles. The normalized spacial score (nSPS) is 20.1. The predicted octanol–water partition coefficient (Wildman–Crippen LogP) is 2.77. The van der Waals surface area contributed by atoms with Crippen LogP contribution in [0.25, 0.3) is 11.4 Å². The van der Waals surface area contributed by atoms with Gasteiger partial charge in [-0.1, -0.05) is 17.7 Å². The highest BCUT2D eigenvalue weighted by atomic mass is 35.5. The van der Waals surface area contributed by atoms with Gasteiger partial charge >= 0.3 is 0 Å². The summed E-state index contributed by atoms with van der Waals surface area (Å²) >= 11 is 6.27. The third-order valence-corrected chi connectivity index (χ3v) is 4.92. The highest BCUT2D eigenvalue weighted by Crippen LogP contribution is 2.62. The molecule has 2 aliphatic rings. The Balaban J connectivity index is 1.71. The van der Waals surface area contributed by atoms with E-state index in [0.29, 0.717) is 21.9 Å². The first kappa shape index (κ1) is 12.1. The van der Waals surface area contributed by atoms with E-state index >= 15 is 0 Å². The second-order valence-corrected chi connectivity index (χ2v) is 6.41. The molecule has 0 bridgehead atoms. The van der Waals surface area contributed by atoms with Crippen LogP contribution in [-0.2, 0) is 6.54 Å². The Kier molecular flexibility index (Phi) is 2.54. The van der Waals surface area contributed by atoms with Crippen molar-refractivity contribution in [3.05, 3.63) is 23.2 Å². The Morgan fingerprint density at radius 1 is 1.35 bits per heavy atom. The van der Waals surface area contributed by atoms with E-state index in [4.69, 9.17) is 17.3 Å². The first-order valence-corrected chi connectivity index (χ1v) is 7.38. The fourth-order valence-corrected chi connectivity index (χ4v) is 3.38. The zero-order valence-electron chi connectivity index (χ0n) is 11.1. The molecule has 20 heavy (non-hydrogen) atoms. The van der Waals surface area contributed by atoms with Gasteiger partial charge in [-0.15, -0.1) is 5.10 Å². The molecule has 2 fully saturated rings. The molecular weight excluding hydrogens is 274 g/mol. The van der Waals surface area contributed by atoms with Gasteiger partial charge in [0.25, 0.3) is 0 Å². The fraction of sp³-hybridized carbons (Fsp3) is 0.500. The number of nitrogen functional groups attached to an aromatic ring is 1. The maximum absolute atomic E-state index is 6.27. The van der Waals surface area contributed by atoms with Crippen molar-refractivity contribution in [2.75, 3.05) is 5.73 Å². The lowest BCUT2D eigenvalue weighted by atomic mass is 10.0. The SMILES string of the molecule is Nc1cccc(Cl)c1-c1nnnn1CC1(C2CC2)CC1. The van der Waals surface area contributed by atoms with Gasteiger partial charge in [-0.05, 0) is 59.6 Å². The molecule has 0 amide bonds. The van der Waals surface area contributed by atoms with Gasteiger partial charge in [0, 0.05) is 5.69 Å². The zero-order valence-corrected chi connectivity index (χ0v) is 11.8. The van der Waals surface area contributed by atoms with Crippen LogP contribution in [0.2, 0.25) is 5.02 Å². The zero-order chi connectivity index (χ0) is 13.7. The van der Waals surface area contributed by atoms with Crippen molar-refractivity contribution in [3.63, 3.8) is 0 Å². The number of hydrogen-bond acceptors (Lipinski definition) is 4. The molecule has 0 atom stereocenters. The Morgan fingerprint density at radius 3 is 2.80 bits per heavy atom. The molecular formula is C14H16ClN5. The Labute approximate surface area is 122 Å². The van der Waals surface area contributed by atoms with E-state index in [1.54, 1.807) is 0 Å². The van der Waals surface area contributed by atoms with Crippen LogP contribution in [0.4, 0.5) is 5.69 Å².